The van der Waals surface area contributed by atoms with Gasteiger partial charge >= 0.3 is 6.01 Å². The number of nitrogens with two attached hydrogens (primary N) is 1. The number of alkyl halides is 3. The molecular weight excluding hydrogens is 705 g/mol. The van der Waals surface area contributed by atoms with E-state index in [4.69, 9.17) is 26.8 Å². The number of rotatable bonds is 5. The molecule has 4 aromatic rings. The fraction of sp³-hybridized carbons (Fsp3) is 0.455. The average molecular weight is 734 g/mol. The van der Waals surface area contributed by atoms with Crippen molar-refractivity contribution in [1.29, 1.82) is 5.26 Å². The Labute approximate surface area is 291 Å². The lowest BCUT2D eigenvalue weighted by Gasteiger charge is -2.31. The monoisotopic (exact) mass is 733 g/mol. The number of nitrogens with zero attached hydrogens (tertiary/aromatic N) is 6. The van der Waals surface area contributed by atoms with Gasteiger partial charge in [0.1, 0.15) is 53.6 Å². The Bertz CT molecular complexity index is 2130. The van der Waals surface area contributed by atoms with E-state index in [0.717, 1.165) is 28.7 Å². The minimum absolute atomic E-state index is 0.000633. The van der Waals surface area contributed by atoms with Crippen molar-refractivity contribution in [2.75, 3.05) is 50.5 Å². The zero-order chi connectivity index (χ0) is 35.2. The van der Waals surface area contributed by atoms with Crippen LogP contribution in [-0.2, 0) is 4.79 Å². The van der Waals surface area contributed by atoms with Gasteiger partial charge in [-0.15, -0.1) is 11.3 Å². The van der Waals surface area contributed by atoms with Crippen LogP contribution in [0, 0.1) is 23.0 Å². The highest BCUT2D eigenvalue weighted by atomic mass is 35.5. The first-order valence-electron chi connectivity index (χ1n) is 16.0. The number of fused-ring (bicyclic) bond motifs is 4. The Morgan fingerprint density at radius 3 is 2.82 bits per heavy atom. The van der Waals surface area contributed by atoms with Crippen molar-refractivity contribution in [1.82, 2.24) is 19.8 Å². The third-order valence-electron chi connectivity index (χ3n) is 10.5. The smallest absolute Gasteiger partial charge is 0.319 e. The molecule has 1 amide bonds. The van der Waals surface area contributed by atoms with Gasteiger partial charge in [0.25, 0.3) is 6.43 Å². The Morgan fingerprint density at radius 1 is 1.26 bits per heavy atom. The second kappa shape index (κ2) is 12.0. The van der Waals surface area contributed by atoms with Gasteiger partial charge in [-0.1, -0.05) is 17.7 Å². The molecular formula is C33H29ClF5N7O3S. The molecule has 8 rings (SSSR count). The molecule has 50 heavy (non-hydrogen) atoms. The first kappa shape index (κ1) is 33.0. The van der Waals surface area contributed by atoms with Crippen LogP contribution in [0.15, 0.2) is 12.1 Å². The quantitative estimate of drug-likeness (QED) is 0.250. The van der Waals surface area contributed by atoms with Crippen molar-refractivity contribution in [3.8, 4) is 29.0 Å². The molecule has 6 heterocycles. The van der Waals surface area contributed by atoms with Crippen LogP contribution in [0.5, 0.6) is 11.8 Å². The standard InChI is InChI=1S/C33H29ClF5N7O3S/c1-44-18(28(38)39)5-8-46-19(31(44)47)12-48-26-22-25(42-32(43-30(22)46)49-13-33-6-2-7-45(33)11-14(35)9-33)24(37)21(23(26)34)15-3-4-17(36)27-20(15)16(10-40)29(41)50-27/h3-4,14,18-19,28H,2,5-9,11-13,41H2,1H3/t14-,18?,19?,33+/m1/s1. The van der Waals surface area contributed by atoms with Crippen molar-refractivity contribution < 1.29 is 36.2 Å². The number of hydrogen-bond donors (Lipinski definition) is 1. The highest BCUT2D eigenvalue weighted by Crippen LogP contribution is 2.51. The number of ether oxygens (including phenoxy) is 2. The molecule has 0 radical (unpaired) electrons. The third-order valence-corrected chi connectivity index (χ3v) is 11.9. The molecule has 0 spiro atoms. The third kappa shape index (κ3) is 4.84. The number of carbonyl (C=O) groups excluding carboxylic acids is 1. The van der Waals surface area contributed by atoms with E-state index in [1.807, 2.05) is 11.0 Å². The normalized spacial score (nSPS) is 25.1. The Morgan fingerprint density at radius 2 is 2.06 bits per heavy atom. The minimum atomic E-state index is -2.82. The number of nitriles is 1. The molecule has 262 valence electrons. The van der Waals surface area contributed by atoms with E-state index >= 15 is 4.39 Å². The van der Waals surface area contributed by atoms with E-state index in [0.29, 0.717) is 13.0 Å². The summed E-state index contributed by atoms with van der Waals surface area (Å²) in [5.74, 6) is -2.43. The summed E-state index contributed by atoms with van der Waals surface area (Å²) in [5.41, 5.74) is 4.85. The van der Waals surface area contributed by atoms with E-state index in [9.17, 15) is 27.6 Å². The van der Waals surface area contributed by atoms with Gasteiger partial charge in [0, 0.05) is 37.5 Å². The second-order valence-corrected chi connectivity index (χ2v) is 14.6. The van der Waals surface area contributed by atoms with Crippen LogP contribution >= 0.6 is 22.9 Å². The van der Waals surface area contributed by atoms with Crippen LogP contribution in [0.4, 0.5) is 32.8 Å². The summed E-state index contributed by atoms with van der Waals surface area (Å²) in [4.78, 5) is 27.3. The zero-order valence-electron chi connectivity index (χ0n) is 26.5. The molecule has 0 bridgehead atoms. The molecule has 10 nitrogen and oxygen atoms in total. The Kier molecular flexibility index (Phi) is 7.88. The van der Waals surface area contributed by atoms with Gasteiger partial charge in [0.05, 0.1) is 32.3 Å². The fourth-order valence-corrected chi connectivity index (χ4v) is 9.34. The lowest BCUT2D eigenvalue weighted by Crippen LogP contribution is -2.50. The molecule has 2 aromatic carbocycles. The highest BCUT2D eigenvalue weighted by molar-refractivity contribution is 7.23. The number of likely N-dealkylation sites (N-methyl/N-ethyl adjacent to an activating group) is 1. The number of nitrogen functional groups attached to an aromatic ring is 1. The molecule has 4 aliphatic rings. The SMILES string of the molecule is CN1C(=O)C2COc3c(Cl)c(-c4ccc(F)c5sc(N)c(C#N)c45)c(F)c4nc(OC[C@@]56CCCN5C[C@H](F)C6)nc(c34)N2CCC1C(F)F. The molecule has 3 saturated heterocycles. The largest absolute Gasteiger partial charge is 0.488 e. The van der Waals surface area contributed by atoms with E-state index in [2.05, 4.69) is 9.97 Å². The molecule has 0 saturated carbocycles. The van der Waals surface area contributed by atoms with Gasteiger partial charge in [0.2, 0.25) is 5.91 Å². The van der Waals surface area contributed by atoms with E-state index in [-0.39, 0.29) is 104 Å². The summed E-state index contributed by atoms with van der Waals surface area (Å²) in [7, 11) is 1.29. The van der Waals surface area contributed by atoms with Gasteiger partial charge in [-0.25, -0.2) is 22.0 Å². The molecule has 0 aliphatic carbocycles. The average Bonchev–Trinajstić information content (AvgIpc) is 3.66. The maximum atomic E-state index is 17.2. The molecule has 2 N–H and O–H groups in total. The van der Waals surface area contributed by atoms with Crippen LogP contribution in [0.1, 0.15) is 31.2 Å². The van der Waals surface area contributed by atoms with Crippen molar-refractivity contribution >= 4 is 60.7 Å². The predicted molar refractivity (Wildman–Crippen MR) is 177 cm³/mol. The number of halogens is 6. The summed E-state index contributed by atoms with van der Waals surface area (Å²) in [6.07, 6.45) is -2.23. The van der Waals surface area contributed by atoms with Crippen molar-refractivity contribution in [3.63, 3.8) is 0 Å². The predicted octanol–water partition coefficient (Wildman–Crippen LogP) is 5.92. The van der Waals surface area contributed by atoms with Crippen LogP contribution in [-0.4, -0.2) is 95.8 Å². The summed E-state index contributed by atoms with van der Waals surface area (Å²) in [6.45, 7) is 0.524. The molecule has 4 aliphatic heterocycles. The molecule has 17 heteroatoms. The van der Waals surface area contributed by atoms with Crippen molar-refractivity contribution in [2.24, 2.45) is 0 Å². The second-order valence-electron chi connectivity index (χ2n) is 13.2. The maximum absolute atomic E-state index is 17.2. The van der Waals surface area contributed by atoms with E-state index in [1.54, 1.807) is 0 Å². The lowest BCUT2D eigenvalue weighted by molar-refractivity contribution is -0.136. The summed E-state index contributed by atoms with van der Waals surface area (Å²) in [5, 5.41) is 9.71. The van der Waals surface area contributed by atoms with Crippen LogP contribution in [0.3, 0.4) is 0 Å². The zero-order valence-corrected chi connectivity index (χ0v) is 28.1. The fourth-order valence-electron chi connectivity index (χ4n) is 8.06. The maximum Gasteiger partial charge on any atom is 0.319 e. The number of benzene rings is 2. The topological polar surface area (TPSA) is 121 Å². The lowest BCUT2D eigenvalue weighted by atomic mass is 9.95. The number of amides is 1. The Balaban J connectivity index is 1.35. The van der Waals surface area contributed by atoms with Crippen LogP contribution in [0.2, 0.25) is 5.02 Å². The van der Waals surface area contributed by atoms with Gasteiger partial charge < -0.3 is 25.0 Å². The van der Waals surface area contributed by atoms with Gasteiger partial charge in [-0.3, -0.25) is 9.69 Å². The van der Waals surface area contributed by atoms with Gasteiger partial charge in [-0.05, 0) is 37.4 Å². The molecule has 2 aromatic heterocycles. The Hall–Kier alpha value is -4.20. The minimum Gasteiger partial charge on any atom is -0.488 e. The summed E-state index contributed by atoms with van der Waals surface area (Å²) in [6, 6.07) is 1.53. The van der Waals surface area contributed by atoms with Crippen molar-refractivity contribution in [3.05, 3.63) is 34.4 Å². The molecule has 2 unspecified atom stereocenters. The summed E-state index contributed by atoms with van der Waals surface area (Å²) >= 11 is 7.79. The summed E-state index contributed by atoms with van der Waals surface area (Å²) < 4.78 is 87.2. The van der Waals surface area contributed by atoms with E-state index in [1.165, 1.54) is 18.0 Å². The number of thiophene rings is 1. The number of anilines is 2. The number of aromatic nitrogens is 2. The number of hydrogen-bond acceptors (Lipinski definition) is 10. The molecule has 4 atom stereocenters. The van der Waals surface area contributed by atoms with Crippen molar-refractivity contribution in [2.45, 2.75) is 55.9 Å². The first-order chi connectivity index (χ1) is 23.9. The van der Waals surface area contributed by atoms with E-state index < -0.39 is 47.8 Å². The molecule has 3 fully saturated rings. The van der Waals surface area contributed by atoms with Gasteiger partial charge in [-0.2, -0.15) is 15.2 Å². The highest BCUT2D eigenvalue weighted by Gasteiger charge is 2.50. The van der Waals surface area contributed by atoms with Crippen LogP contribution < -0.4 is 20.1 Å². The first-order valence-corrected chi connectivity index (χ1v) is 17.2. The van der Waals surface area contributed by atoms with Crippen LogP contribution in [0.25, 0.3) is 32.1 Å². The number of carbonyl (C=O) groups is 1. The van der Waals surface area contributed by atoms with Gasteiger partial charge in [0.15, 0.2) is 11.6 Å².